The van der Waals surface area contributed by atoms with Crippen LogP contribution in [0.4, 0.5) is 4.79 Å². The highest BCUT2D eigenvalue weighted by Crippen LogP contribution is 2.16. The van der Waals surface area contributed by atoms with E-state index >= 15 is 0 Å². The second-order valence-corrected chi connectivity index (χ2v) is 9.20. The number of hydrogen-bond donors (Lipinski definition) is 2. The van der Waals surface area contributed by atoms with Crippen molar-refractivity contribution in [1.82, 2.24) is 20.5 Å². The molecule has 0 aliphatic carbocycles. The van der Waals surface area contributed by atoms with Gasteiger partial charge in [0.15, 0.2) is 5.96 Å². The Morgan fingerprint density at radius 1 is 1.31 bits per heavy atom. The average molecular weight is 540 g/mol. The minimum Gasteiger partial charge on any atom is -0.444 e. The van der Waals surface area contributed by atoms with E-state index in [9.17, 15) is 4.79 Å². The minimum absolute atomic E-state index is 0. The van der Waals surface area contributed by atoms with Crippen LogP contribution in [0, 0.1) is 13.8 Å². The van der Waals surface area contributed by atoms with Gasteiger partial charge in [-0.25, -0.2) is 9.78 Å². The molecule has 2 N–H and O–H groups in total. The van der Waals surface area contributed by atoms with Gasteiger partial charge in [-0.3, -0.25) is 4.99 Å². The van der Waals surface area contributed by atoms with Gasteiger partial charge in [0.05, 0.1) is 10.7 Å². The Kier molecular flexibility index (Phi) is 12.7. The van der Waals surface area contributed by atoms with Gasteiger partial charge >= 0.3 is 6.09 Å². The third-order valence-corrected chi connectivity index (χ3v) is 5.34. The van der Waals surface area contributed by atoms with E-state index in [1.807, 2.05) is 41.5 Å². The SMILES string of the molecule is CCNC(=NCCC(C)N(C)C(=O)OC(C)(C)C)NCCc1nc(C)c(C)s1.I. The molecule has 1 rings (SSSR count). The Hall–Kier alpha value is -1.10. The van der Waals surface area contributed by atoms with E-state index in [0.717, 1.165) is 42.6 Å². The maximum Gasteiger partial charge on any atom is 0.410 e. The minimum atomic E-state index is -0.486. The number of nitrogens with zero attached hydrogens (tertiary/aromatic N) is 3. The summed E-state index contributed by atoms with van der Waals surface area (Å²) in [4.78, 5) is 24.2. The molecule has 0 bridgehead atoms. The van der Waals surface area contributed by atoms with Crippen LogP contribution >= 0.6 is 35.3 Å². The predicted molar refractivity (Wildman–Crippen MR) is 133 cm³/mol. The zero-order valence-corrected chi connectivity index (χ0v) is 22.2. The molecule has 0 radical (unpaired) electrons. The van der Waals surface area contributed by atoms with Gasteiger partial charge in [-0.2, -0.15) is 0 Å². The summed E-state index contributed by atoms with van der Waals surface area (Å²) in [5.74, 6) is 0.791. The summed E-state index contributed by atoms with van der Waals surface area (Å²) in [6, 6.07) is 0.0442. The third kappa shape index (κ3) is 11.0. The smallest absolute Gasteiger partial charge is 0.410 e. The molecule has 0 aliphatic heterocycles. The zero-order chi connectivity index (χ0) is 21.3. The summed E-state index contributed by atoms with van der Waals surface area (Å²) in [5, 5.41) is 7.76. The lowest BCUT2D eigenvalue weighted by Gasteiger charge is -2.28. The number of ether oxygens (including phenoxy) is 1. The molecule has 29 heavy (non-hydrogen) atoms. The number of amides is 1. The Morgan fingerprint density at radius 3 is 2.48 bits per heavy atom. The maximum atomic E-state index is 12.1. The maximum absolute atomic E-state index is 12.1. The molecule has 0 spiro atoms. The zero-order valence-electron chi connectivity index (χ0n) is 19.1. The Labute approximate surface area is 197 Å². The van der Waals surface area contributed by atoms with E-state index in [-0.39, 0.29) is 36.1 Å². The van der Waals surface area contributed by atoms with Gasteiger partial charge in [-0.15, -0.1) is 35.3 Å². The van der Waals surface area contributed by atoms with Crippen molar-refractivity contribution in [1.29, 1.82) is 0 Å². The number of rotatable bonds is 8. The number of aryl methyl sites for hydroxylation is 2. The average Bonchev–Trinajstić information content (AvgIpc) is 2.90. The number of aliphatic imine (C=N–C) groups is 1. The standard InChI is InChI=1S/C20H37N5O2S.HI/c1-9-21-18(23-13-11-17-24-15(3)16(4)28-17)22-12-10-14(2)25(8)19(26)27-20(5,6)7;/h14H,9-13H2,1-8H3,(H2,21,22,23);1H. The molecule has 0 aliphatic rings. The Balaban J connectivity index is 0.00000784. The van der Waals surface area contributed by atoms with Crippen LogP contribution in [-0.4, -0.2) is 60.3 Å². The molecule has 1 heterocycles. The van der Waals surface area contributed by atoms with Crippen molar-refractivity contribution in [3.05, 3.63) is 15.6 Å². The molecule has 1 aromatic heterocycles. The predicted octanol–water partition coefficient (Wildman–Crippen LogP) is 4.12. The fourth-order valence-electron chi connectivity index (χ4n) is 2.35. The molecule has 0 saturated heterocycles. The van der Waals surface area contributed by atoms with E-state index in [1.54, 1.807) is 23.3 Å². The topological polar surface area (TPSA) is 78.9 Å². The number of thiazole rings is 1. The fraction of sp³-hybridized carbons (Fsp3) is 0.750. The quantitative estimate of drug-likeness (QED) is 0.295. The Bertz CT molecular complexity index is 638. The largest absolute Gasteiger partial charge is 0.444 e. The summed E-state index contributed by atoms with van der Waals surface area (Å²) >= 11 is 1.75. The van der Waals surface area contributed by atoms with Crippen LogP contribution in [0.5, 0.6) is 0 Å². The molecule has 1 unspecified atom stereocenters. The first-order chi connectivity index (χ1) is 13.0. The number of hydrogen-bond acceptors (Lipinski definition) is 5. The van der Waals surface area contributed by atoms with Gasteiger partial charge in [-0.05, 0) is 54.9 Å². The number of carbonyl (C=O) groups is 1. The molecule has 9 heteroatoms. The first-order valence-electron chi connectivity index (χ1n) is 9.94. The van der Waals surface area contributed by atoms with E-state index in [2.05, 4.69) is 27.5 Å². The van der Waals surface area contributed by atoms with Crippen molar-refractivity contribution in [2.24, 2.45) is 4.99 Å². The molecule has 0 aromatic carbocycles. The van der Waals surface area contributed by atoms with E-state index in [4.69, 9.17) is 4.74 Å². The van der Waals surface area contributed by atoms with Gasteiger partial charge in [-0.1, -0.05) is 0 Å². The summed E-state index contributed by atoms with van der Waals surface area (Å²) in [6.45, 7) is 16.0. The van der Waals surface area contributed by atoms with E-state index < -0.39 is 5.60 Å². The highest BCUT2D eigenvalue weighted by Gasteiger charge is 2.22. The molecule has 1 atom stereocenters. The van der Waals surface area contributed by atoms with Gasteiger partial charge in [0.1, 0.15) is 5.60 Å². The lowest BCUT2D eigenvalue weighted by atomic mass is 10.2. The lowest BCUT2D eigenvalue weighted by Crippen LogP contribution is -2.40. The van der Waals surface area contributed by atoms with Gasteiger partial charge < -0.3 is 20.3 Å². The number of carbonyl (C=O) groups excluding carboxylic acids is 1. The molecule has 0 fully saturated rings. The first kappa shape index (κ1) is 27.9. The van der Waals surface area contributed by atoms with Gasteiger partial charge in [0.2, 0.25) is 0 Å². The summed E-state index contributed by atoms with van der Waals surface area (Å²) in [7, 11) is 1.77. The van der Waals surface area contributed by atoms with Crippen molar-refractivity contribution in [2.45, 2.75) is 73.0 Å². The van der Waals surface area contributed by atoms with Crippen molar-refractivity contribution >= 4 is 47.4 Å². The lowest BCUT2D eigenvalue weighted by molar-refractivity contribution is 0.0231. The molecular formula is C20H38IN5O2S. The summed E-state index contributed by atoms with van der Waals surface area (Å²) in [6.07, 6.45) is 1.33. The van der Waals surface area contributed by atoms with E-state index in [1.165, 1.54) is 4.88 Å². The highest BCUT2D eigenvalue weighted by molar-refractivity contribution is 14.0. The van der Waals surface area contributed by atoms with Crippen LogP contribution < -0.4 is 10.6 Å². The number of halogens is 1. The molecular weight excluding hydrogens is 501 g/mol. The van der Waals surface area contributed by atoms with Crippen molar-refractivity contribution < 1.29 is 9.53 Å². The molecule has 0 saturated carbocycles. The van der Waals surface area contributed by atoms with Crippen LogP contribution in [0.25, 0.3) is 0 Å². The molecule has 1 amide bonds. The van der Waals surface area contributed by atoms with Crippen molar-refractivity contribution in [2.75, 3.05) is 26.7 Å². The monoisotopic (exact) mass is 539 g/mol. The second kappa shape index (κ2) is 13.3. The highest BCUT2D eigenvalue weighted by atomic mass is 127. The second-order valence-electron chi connectivity index (χ2n) is 7.92. The van der Waals surface area contributed by atoms with Crippen LogP contribution in [0.2, 0.25) is 0 Å². The molecule has 7 nitrogen and oxygen atoms in total. The first-order valence-corrected chi connectivity index (χ1v) is 10.8. The summed E-state index contributed by atoms with van der Waals surface area (Å²) in [5.41, 5.74) is 0.628. The van der Waals surface area contributed by atoms with Crippen molar-refractivity contribution in [3.63, 3.8) is 0 Å². The summed E-state index contributed by atoms with van der Waals surface area (Å²) < 4.78 is 5.41. The van der Waals surface area contributed by atoms with Crippen LogP contribution in [0.3, 0.4) is 0 Å². The number of aromatic nitrogens is 1. The van der Waals surface area contributed by atoms with E-state index in [0.29, 0.717) is 6.54 Å². The van der Waals surface area contributed by atoms with Gasteiger partial charge in [0.25, 0.3) is 0 Å². The number of nitrogens with one attached hydrogen (secondary N) is 2. The van der Waals surface area contributed by atoms with Gasteiger partial charge in [0, 0.05) is 44.0 Å². The normalized spacial score (nSPS) is 12.8. The van der Waals surface area contributed by atoms with Crippen molar-refractivity contribution in [3.8, 4) is 0 Å². The molecule has 168 valence electrons. The van der Waals surface area contributed by atoms with Crippen LogP contribution in [0.1, 0.15) is 56.6 Å². The fourth-order valence-corrected chi connectivity index (χ4v) is 3.28. The Morgan fingerprint density at radius 2 is 1.97 bits per heavy atom. The van der Waals surface area contributed by atoms with Crippen LogP contribution in [-0.2, 0) is 11.2 Å². The number of guanidine groups is 1. The third-order valence-electron chi connectivity index (χ3n) is 4.21. The molecule has 1 aromatic rings. The van der Waals surface area contributed by atoms with Crippen LogP contribution in [0.15, 0.2) is 4.99 Å².